The molecule has 1 atom stereocenters. The highest BCUT2D eigenvalue weighted by molar-refractivity contribution is 9.10. The van der Waals surface area contributed by atoms with Crippen LogP contribution in [0.1, 0.15) is 18.0 Å². The van der Waals surface area contributed by atoms with Gasteiger partial charge in [-0.05, 0) is 23.8 Å². The highest BCUT2D eigenvalue weighted by Crippen LogP contribution is 2.31. The largest absolute Gasteiger partial charge is 0.496 e. The molecule has 1 heterocycles. The highest BCUT2D eigenvalue weighted by Gasteiger charge is 2.18. The normalized spacial score (nSPS) is 17.1. The number of benzene rings is 1. The Kier molecular flexibility index (Phi) is 3.34. The van der Waals surface area contributed by atoms with E-state index in [4.69, 9.17) is 22.1 Å². The Labute approximate surface area is 102 Å². The minimum Gasteiger partial charge on any atom is -0.496 e. The molecule has 2 N–H and O–H groups in total. The predicted molar refractivity (Wildman–Crippen MR) is 64.7 cm³/mol. The average Bonchev–Trinajstić information content (AvgIpc) is 2.69. The number of rotatable bonds is 2. The van der Waals surface area contributed by atoms with Crippen molar-refractivity contribution in [3.63, 3.8) is 0 Å². The quantitative estimate of drug-likeness (QED) is 0.905. The van der Waals surface area contributed by atoms with Gasteiger partial charge >= 0.3 is 0 Å². The first-order chi connectivity index (χ1) is 7.18. The minimum atomic E-state index is -0.209. The van der Waals surface area contributed by atoms with E-state index in [1.54, 1.807) is 0 Å². The Morgan fingerprint density at radius 1 is 1.47 bits per heavy atom. The lowest BCUT2D eigenvalue weighted by molar-refractivity contribution is 0.225. The third-order valence-corrected chi connectivity index (χ3v) is 3.26. The van der Waals surface area contributed by atoms with Crippen LogP contribution < -0.4 is 5.73 Å². The third-order valence-electron chi connectivity index (χ3n) is 2.34. The summed E-state index contributed by atoms with van der Waals surface area (Å²) in [6, 6.07) is 5.38. The summed E-state index contributed by atoms with van der Waals surface area (Å²) in [5.74, 6) is 0.845. The first-order valence-electron chi connectivity index (χ1n) is 4.72. The molecule has 1 unspecified atom stereocenters. The fraction of sp³-hybridized carbons (Fsp3) is 0.273. The number of hydrogen-bond acceptors (Lipinski definition) is 2. The van der Waals surface area contributed by atoms with Gasteiger partial charge in [0.05, 0.1) is 12.6 Å². The van der Waals surface area contributed by atoms with E-state index in [1.807, 2.05) is 24.3 Å². The summed E-state index contributed by atoms with van der Waals surface area (Å²) in [7, 11) is 0. The summed E-state index contributed by atoms with van der Waals surface area (Å²) >= 11 is 9.31. The van der Waals surface area contributed by atoms with Gasteiger partial charge < -0.3 is 10.5 Å². The summed E-state index contributed by atoms with van der Waals surface area (Å²) in [5.41, 5.74) is 7.08. The van der Waals surface area contributed by atoms with Crippen LogP contribution in [0.5, 0.6) is 0 Å². The monoisotopic (exact) mass is 287 g/mol. The van der Waals surface area contributed by atoms with Crippen molar-refractivity contribution in [2.75, 3.05) is 6.61 Å². The zero-order valence-corrected chi connectivity index (χ0v) is 10.4. The van der Waals surface area contributed by atoms with E-state index < -0.39 is 0 Å². The van der Waals surface area contributed by atoms with Crippen LogP contribution in [-0.4, -0.2) is 6.61 Å². The second kappa shape index (κ2) is 4.56. The van der Waals surface area contributed by atoms with Gasteiger partial charge in [0.2, 0.25) is 0 Å². The standard InChI is InChI=1S/C11H11BrClNO/c12-9-6-7(13)3-4-8(9)11(14)10-2-1-5-15-10/h2-4,6,11H,1,5,14H2. The van der Waals surface area contributed by atoms with Crippen LogP contribution in [0.3, 0.4) is 0 Å². The molecule has 0 amide bonds. The van der Waals surface area contributed by atoms with E-state index >= 15 is 0 Å². The molecule has 0 aliphatic carbocycles. The van der Waals surface area contributed by atoms with Crippen molar-refractivity contribution in [1.82, 2.24) is 0 Å². The Balaban J connectivity index is 2.28. The number of halogens is 2. The van der Waals surface area contributed by atoms with E-state index in [2.05, 4.69) is 15.9 Å². The Hall–Kier alpha value is -0.510. The van der Waals surface area contributed by atoms with E-state index in [0.29, 0.717) is 5.02 Å². The molecule has 0 saturated carbocycles. The average molecular weight is 289 g/mol. The molecule has 1 aliphatic heterocycles. The number of ether oxygens (including phenoxy) is 1. The fourth-order valence-corrected chi connectivity index (χ4v) is 2.49. The summed E-state index contributed by atoms with van der Waals surface area (Å²) < 4.78 is 6.35. The van der Waals surface area contributed by atoms with Gasteiger partial charge in [-0.15, -0.1) is 0 Å². The Morgan fingerprint density at radius 3 is 2.87 bits per heavy atom. The van der Waals surface area contributed by atoms with Crippen LogP contribution >= 0.6 is 27.5 Å². The van der Waals surface area contributed by atoms with Gasteiger partial charge in [0, 0.05) is 15.9 Å². The second-order valence-corrected chi connectivity index (χ2v) is 4.68. The molecule has 1 aliphatic rings. The lowest BCUT2D eigenvalue weighted by atomic mass is 10.1. The van der Waals surface area contributed by atoms with E-state index in [0.717, 1.165) is 28.8 Å². The summed E-state index contributed by atoms with van der Waals surface area (Å²) in [6.45, 7) is 0.730. The van der Waals surface area contributed by atoms with Gasteiger partial charge in [-0.1, -0.05) is 33.6 Å². The molecule has 0 radical (unpaired) electrons. The van der Waals surface area contributed by atoms with Crippen molar-refractivity contribution < 1.29 is 4.74 Å². The molecule has 0 saturated heterocycles. The van der Waals surface area contributed by atoms with E-state index in [1.165, 1.54) is 0 Å². The highest BCUT2D eigenvalue weighted by atomic mass is 79.9. The van der Waals surface area contributed by atoms with Crippen molar-refractivity contribution in [1.29, 1.82) is 0 Å². The summed E-state index contributed by atoms with van der Waals surface area (Å²) in [4.78, 5) is 0. The molecule has 2 nitrogen and oxygen atoms in total. The van der Waals surface area contributed by atoms with Crippen LogP contribution in [0.15, 0.2) is 34.5 Å². The van der Waals surface area contributed by atoms with Crippen molar-refractivity contribution in [3.05, 3.63) is 45.1 Å². The van der Waals surface area contributed by atoms with Crippen molar-refractivity contribution in [2.24, 2.45) is 5.73 Å². The van der Waals surface area contributed by atoms with Crippen LogP contribution in [0, 0.1) is 0 Å². The lowest BCUT2D eigenvalue weighted by Gasteiger charge is -2.15. The zero-order chi connectivity index (χ0) is 10.8. The molecule has 0 bridgehead atoms. The van der Waals surface area contributed by atoms with Crippen LogP contribution in [0.25, 0.3) is 0 Å². The predicted octanol–water partition coefficient (Wildman–Crippen LogP) is 3.41. The molecule has 0 aromatic heterocycles. The molecular weight excluding hydrogens is 277 g/mol. The molecule has 1 aromatic carbocycles. The van der Waals surface area contributed by atoms with Crippen molar-refractivity contribution >= 4 is 27.5 Å². The minimum absolute atomic E-state index is 0.209. The van der Waals surface area contributed by atoms with Gasteiger partial charge in [-0.3, -0.25) is 0 Å². The van der Waals surface area contributed by atoms with Gasteiger partial charge in [-0.2, -0.15) is 0 Å². The fourth-order valence-electron chi connectivity index (χ4n) is 1.56. The summed E-state index contributed by atoms with van der Waals surface area (Å²) in [6.07, 6.45) is 2.97. The van der Waals surface area contributed by atoms with E-state index in [9.17, 15) is 0 Å². The third kappa shape index (κ3) is 2.36. The topological polar surface area (TPSA) is 35.2 Å². The van der Waals surface area contributed by atoms with Gasteiger partial charge in [0.1, 0.15) is 5.76 Å². The molecule has 1 aromatic rings. The second-order valence-electron chi connectivity index (χ2n) is 3.39. The molecule has 0 fully saturated rings. The van der Waals surface area contributed by atoms with Crippen molar-refractivity contribution in [3.8, 4) is 0 Å². The maximum absolute atomic E-state index is 6.08. The molecule has 15 heavy (non-hydrogen) atoms. The lowest BCUT2D eigenvalue weighted by Crippen LogP contribution is -2.14. The van der Waals surface area contributed by atoms with Gasteiger partial charge in [0.15, 0.2) is 0 Å². The summed E-state index contributed by atoms with van der Waals surface area (Å²) in [5, 5.41) is 0.694. The van der Waals surface area contributed by atoms with Crippen LogP contribution in [-0.2, 0) is 4.74 Å². The first kappa shape index (κ1) is 11.0. The molecular formula is C11H11BrClNO. The van der Waals surface area contributed by atoms with Gasteiger partial charge in [0.25, 0.3) is 0 Å². The first-order valence-corrected chi connectivity index (χ1v) is 5.89. The van der Waals surface area contributed by atoms with Crippen LogP contribution in [0.4, 0.5) is 0 Å². The van der Waals surface area contributed by atoms with Crippen molar-refractivity contribution in [2.45, 2.75) is 12.5 Å². The zero-order valence-electron chi connectivity index (χ0n) is 8.04. The van der Waals surface area contributed by atoms with E-state index in [-0.39, 0.29) is 6.04 Å². The molecule has 2 rings (SSSR count). The number of nitrogens with two attached hydrogens (primary N) is 1. The SMILES string of the molecule is NC(C1=CCCO1)c1ccc(Cl)cc1Br. The molecule has 4 heteroatoms. The Bertz CT molecular complexity index is 406. The number of hydrogen-bond donors (Lipinski definition) is 1. The Morgan fingerprint density at radius 2 is 2.27 bits per heavy atom. The smallest absolute Gasteiger partial charge is 0.113 e. The maximum atomic E-state index is 6.08. The van der Waals surface area contributed by atoms with Crippen LogP contribution in [0.2, 0.25) is 5.02 Å². The molecule has 80 valence electrons. The molecule has 0 spiro atoms. The maximum Gasteiger partial charge on any atom is 0.113 e. The van der Waals surface area contributed by atoms with Gasteiger partial charge in [-0.25, -0.2) is 0 Å².